The van der Waals surface area contributed by atoms with Gasteiger partial charge in [-0.1, -0.05) is 30.3 Å². The smallest absolute Gasteiger partial charge is 0.0715 e. The largest absolute Gasteiger partial charge is 0.545 e. The standard InChI is InChI=1S/C8H20P.C7H6O2/c1-6-9(5,7-2)8(3)4;8-7(9)6-4-2-1-3-5-6/h8H,6-7H2,1-5H3;1-5H,(H,8,9)/q+1;/p-1. The molecule has 0 fully saturated rings. The van der Waals surface area contributed by atoms with Gasteiger partial charge in [0.25, 0.3) is 0 Å². The van der Waals surface area contributed by atoms with Crippen LogP contribution < -0.4 is 5.11 Å². The van der Waals surface area contributed by atoms with Crippen LogP contribution in [0.3, 0.4) is 0 Å². The van der Waals surface area contributed by atoms with Gasteiger partial charge in [0.2, 0.25) is 0 Å². The quantitative estimate of drug-likeness (QED) is 0.787. The molecule has 1 rings (SSSR count). The first-order valence-corrected chi connectivity index (χ1v) is 9.15. The summed E-state index contributed by atoms with van der Waals surface area (Å²) in [6.07, 6.45) is 2.84. The number of carbonyl (C=O) groups is 1. The first kappa shape index (κ1) is 17.1. The van der Waals surface area contributed by atoms with E-state index in [0.717, 1.165) is 5.66 Å². The van der Waals surface area contributed by atoms with Gasteiger partial charge in [0, 0.05) is 13.9 Å². The summed E-state index contributed by atoms with van der Waals surface area (Å²) >= 11 is 0. The molecule has 0 radical (unpaired) electrons. The van der Waals surface area contributed by atoms with Crippen LogP contribution in [0, 0.1) is 0 Å². The fraction of sp³-hybridized carbons (Fsp3) is 0.533. The normalized spacial score (nSPS) is 10.8. The molecule has 0 spiro atoms. The topological polar surface area (TPSA) is 40.1 Å². The van der Waals surface area contributed by atoms with Gasteiger partial charge in [0.1, 0.15) is 0 Å². The summed E-state index contributed by atoms with van der Waals surface area (Å²) in [6.45, 7) is 11.9. The molecule has 102 valence electrons. The van der Waals surface area contributed by atoms with Crippen molar-refractivity contribution >= 4 is 13.2 Å². The molecule has 0 unspecified atom stereocenters. The zero-order chi connectivity index (χ0) is 14.2. The molecule has 2 nitrogen and oxygen atoms in total. The Balaban J connectivity index is 0.000000321. The van der Waals surface area contributed by atoms with Crippen LogP contribution in [0.15, 0.2) is 30.3 Å². The summed E-state index contributed by atoms with van der Waals surface area (Å²) in [5.74, 6) is -1.13. The highest BCUT2D eigenvalue weighted by Gasteiger charge is 2.30. The molecular weight excluding hydrogens is 243 g/mol. The van der Waals surface area contributed by atoms with Gasteiger partial charge in [0.05, 0.1) is 24.0 Å². The summed E-state index contributed by atoms with van der Waals surface area (Å²) in [4.78, 5) is 10.1. The van der Waals surface area contributed by atoms with Crippen molar-refractivity contribution in [3.05, 3.63) is 35.9 Å². The zero-order valence-electron chi connectivity index (χ0n) is 12.1. The molecule has 3 heteroatoms. The number of carboxylic acids is 1. The third-order valence-electron chi connectivity index (χ3n) is 3.70. The molecule has 0 bridgehead atoms. The van der Waals surface area contributed by atoms with E-state index in [1.807, 2.05) is 0 Å². The van der Waals surface area contributed by atoms with Crippen molar-refractivity contribution in [3.63, 3.8) is 0 Å². The highest BCUT2D eigenvalue weighted by molar-refractivity contribution is 7.75. The van der Waals surface area contributed by atoms with Gasteiger partial charge in [-0.25, -0.2) is 0 Å². The lowest BCUT2D eigenvalue weighted by molar-refractivity contribution is -0.255. The number of rotatable bonds is 4. The van der Waals surface area contributed by atoms with Gasteiger partial charge in [-0.15, -0.1) is 0 Å². The SMILES string of the molecule is CC[P+](C)(CC)C(C)C.O=C([O-])c1ccccc1. The Hall–Kier alpha value is -0.880. The molecule has 0 aliphatic heterocycles. The molecule has 0 atom stereocenters. The van der Waals surface area contributed by atoms with Crippen molar-refractivity contribution in [2.75, 3.05) is 19.0 Å². The lowest BCUT2D eigenvalue weighted by Crippen LogP contribution is -2.21. The number of carboxylic acid groups (broad SMARTS) is 1. The van der Waals surface area contributed by atoms with Crippen LogP contribution in [0.5, 0.6) is 0 Å². The second-order valence-corrected chi connectivity index (χ2v) is 10.1. The monoisotopic (exact) mass is 268 g/mol. The minimum absolute atomic E-state index is 0.220. The average Bonchev–Trinajstić information content (AvgIpc) is 2.39. The molecule has 18 heavy (non-hydrogen) atoms. The van der Waals surface area contributed by atoms with Crippen molar-refractivity contribution < 1.29 is 9.90 Å². The van der Waals surface area contributed by atoms with Gasteiger partial charge in [0.15, 0.2) is 0 Å². The third-order valence-corrected chi connectivity index (χ3v) is 9.08. The van der Waals surface area contributed by atoms with Gasteiger partial charge in [-0.2, -0.15) is 0 Å². The van der Waals surface area contributed by atoms with E-state index in [2.05, 4.69) is 34.4 Å². The van der Waals surface area contributed by atoms with E-state index in [1.165, 1.54) is 24.5 Å². The summed E-state index contributed by atoms with van der Waals surface area (Å²) in [5.41, 5.74) is 1.16. The Kier molecular flexibility index (Phi) is 7.86. The van der Waals surface area contributed by atoms with Crippen molar-refractivity contribution in [1.82, 2.24) is 0 Å². The summed E-state index contributed by atoms with van der Waals surface area (Å²) in [7, 11) is -0.503. The number of hydrogen-bond acceptors (Lipinski definition) is 2. The summed E-state index contributed by atoms with van der Waals surface area (Å²) in [6, 6.07) is 8.06. The molecule has 0 aliphatic carbocycles. The van der Waals surface area contributed by atoms with E-state index in [0.29, 0.717) is 0 Å². The van der Waals surface area contributed by atoms with E-state index < -0.39 is 13.2 Å². The van der Waals surface area contributed by atoms with Crippen LogP contribution in [0.2, 0.25) is 0 Å². The van der Waals surface area contributed by atoms with Crippen LogP contribution in [0.25, 0.3) is 0 Å². The van der Waals surface area contributed by atoms with Crippen LogP contribution in [0.4, 0.5) is 0 Å². The van der Waals surface area contributed by atoms with E-state index in [1.54, 1.807) is 18.2 Å². The fourth-order valence-electron chi connectivity index (χ4n) is 1.53. The van der Waals surface area contributed by atoms with E-state index in [9.17, 15) is 9.90 Å². The minimum Gasteiger partial charge on any atom is -0.545 e. The van der Waals surface area contributed by atoms with Crippen LogP contribution >= 0.6 is 7.26 Å². The first-order chi connectivity index (χ1) is 8.37. The van der Waals surface area contributed by atoms with Crippen molar-refractivity contribution in [3.8, 4) is 0 Å². The maximum absolute atomic E-state index is 10.1. The number of aromatic carboxylic acids is 1. The van der Waals surface area contributed by atoms with E-state index >= 15 is 0 Å². The predicted molar refractivity (Wildman–Crippen MR) is 79.8 cm³/mol. The number of carbonyl (C=O) groups excluding carboxylic acids is 1. The van der Waals surface area contributed by atoms with Gasteiger partial charge < -0.3 is 9.90 Å². The molecule has 1 aromatic rings. The lowest BCUT2D eigenvalue weighted by Gasteiger charge is -2.23. The summed E-state index contributed by atoms with van der Waals surface area (Å²) < 4.78 is 0. The molecule has 0 N–H and O–H groups in total. The van der Waals surface area contributed by atoms with Crippen molar-refractivity contribution in [2.45, 2.75) is 33.4 Å². The molecule has 0 aliphatic rings. The maximum atomic E-state index is 10.1. The molecule has 1 aromatic carbocycles. The molecule has 0 heterocycles. The Labute approximate surface area is 112 Å². The third kappa shape index (κ3) is 5.64. The number of hydrogen-bond donors (Lipinski definition) is 0. The Morgan fingerprint density at radius 2 is 1.61 bits per heavy atom. The second kappa shape index (κ2) is 8.26. The van der Waals surface area contributed by atoms with Crippen LogP contribution in [-0.2, 0) is 0 Å². The lowest BCUT2D eigenvalue weighted by atomic mass is 10.2. The highest BCUT2D eigenvalue weighted by atomic mass is 31.2. The van der Waals surface area contributed by atoms with Crippen molar-refractivity contribution in [1.29, 1.82) is 0 Å². The Bertz CT molecular complexity index is 343. The fourth-order valence-corrected chi connectivity index (χ4v) is 3.44. The van der Waals surface area contributed by atoms with Crippen LogP contribution in [-0.4, -0.2) is 30.6 Å². The molecular formula is C15H25O2P. The maximum Gasteiger partial charge on any atom is 0.0715 e. The first-order valence-electron chi connectivity index (χ1n) is 6.48. The zero-order valence-corrected chi connectivity index (χ0v) is 13.0. The van der Waals surface area contributed by atoms with E-state index in [-0.39, 0.29) is 5.56 Å². The van der Waals surface area contributed by atoms with Crippen molar-refractivity contribution in [2.24, 2.45) is 0 Å². The minimum atomic E-state index is -1.13. The average molecular weight is 268 g/mol. The predicted octanol–water partition coefficient (Wildman–Crippen LogP) is 3.13. The highest BCUT2D eigenvalue weighted by Crippen LogP contribution is 2.58. The van der Waals surface area contributed by atoms with Gasteiger partial charge >= 0.3 is 0 Å². The molecule has 0 amide bonds. The van der Waals surface area contributed by atoms with Gasteiger partial charge in [-0.05, 0) is 33.3 Å². The molecule has 0 saturated heterocycles. The van der Waals surface area contributed by atoms with Crippen LogP contribution in [0.1, 0.15) is 38.1 Å². The molecule has 0 aromatic heterocycles. The Morgan fingerprint density at radius 3 is 1.78 bits per heavy atom. The van der Waals surface area contributed by atoms with E-state index in [4.69, 9.17) is 0 Å². The summed E-state index contributed by atoms with van der Waals surface area (Å²) in [5, 5.41) is 10.1. The second-order valence-electron chi connectivity index (χ2n) is 4.86. The van der Waals surface area contributed by atoms with Gasteiger partial charge in [-0.3, -0.25) is 0 Å². The molecule has 0 saturated carbocycles. The Morgan fingerprint density at radius 1 is 1.17 bits per heavy atom. The number of benzene rings is 1.